The molecule has 3 aromatic rings. The van der Waals surface area contributed by atoms with Crippen LogP contribution in [0.25, 0.3) is 11.1 Å². The van der Waals surface area contributed by atoms with Crippen LogP contribution < -0.4 is 4.74 Å². The number of nitro benzene ring substituents is 1. The second-order valence-corrected chi connectivity index (χ2v) is 7.72. The van der Waals surface area contributed by atoms with Gasteiger partial charge in [-0.3, -0.25) is 10.1 Å². The summed E-state index contributed by atoms with van der Waals surface area (Å²) >= 11 is 7.61. The van der Waals surface area contributed by atoms with Gasteiger partial charge in [-0.25, -0.2) is 0 Å². The number of thioether (sulfide) groups is 1. The minimum absolute atomic E-state index is 0.0444. The van der Waals surface area contributed by atoms with Gasteiger partial charge >= 0.3 is 0 Å². The summed E-state index contributed by atoms with van der Waals surface area (Å²) < 4.78 is 5.26. The fourth-order valence-electron chi connectivity index (χ4n) is 2.86. The van der Waals surface area contributed by atoms with E-state index in [0.717, 1.165) is 5.04 Å². The molecule has 0 amide bonds. The fraction of sp³-hybridized carbons (Fsp3) is 0.167. The average Bonchev–Trinajstić information content (AvgIpc) is 3.43. The predicted molar refractivity (Wildman–Crippen MR) is 114 cm³/mol. The molecule has 1 aliphatic rings. The van der Waals surface area contributed by atoms with Gasteiger partial charge in [-0.05, 0) is 35.4 Å². The topological polar surface area (TPSA) is 132 Å². The highest BCUT2D eigenvalue weighted by Gasteiger charge is 2.20. The van der Waals surface area contributed by atoms with Crippen molar-refractivity contribution in [3.05, 3.63) is 62.9 Å². The molecule has 0 fully saturated rings. The first-order valence-electron chi connectivity index (χ1n) is 8.65. The lowest BCUT2D eigenvalue weighted by Crippen LogP contribution is -2.04. The molecule has 0 unspecified atom stereocenters. The van der Waals surface area contributed by atoms with Gasteiger partial charge in [0.25, 0.3) is 5.69 Å². The maximum Gasteiger partial charge on any atom is 0.270 e. The molecule has 1 aromatic heterocycles. The van der Waals surface area contributed by atoms with Crippen molar-refractivity contribution in [3.63, 3.8) is 0 Å². The molecule has 10 nitrogen and oxygen atoms in total. The van der Waals surface area contributed by atoms with Crippen LogP contribution in [0.3, 0.4) is 0 Å². The Hall–Kier alpha value is -3.31. The number of aromatic amines is 1. The maximum absolute atomic E-state index is 11.5. The zero-order valence-corrected chi connectivity index (χ0v) is 17.1. The van der Waals surface area contributed by atoms with Crippen molar-refractivity contribution in [1.82, 2.24) is 20.6 Å². The lowest BCUT2D eigenvalue weighted by molar-refractivity contribution is -0.384. The van der Waals surface area contributed by atoms with E-state index < -0.39 is 4.92 Å². The van der Waals surface area contributed by atoms with Gasteiger partial charge in [-0.15, -0.1) is 27.1 Å². The summed E-state index contributed by atoms with van der Waals surface area (Å²) in [5.41, 5.74) is 2.56. The summed E-state index contributed by atoms with van der Waals surface area (Å²) in [5, 5.41) is 34.8. The summed E-state index contributed by atoms with van der Waals surface area (Å²) in [7, 11) is 1.53. The van der Waals surface area contributed by atoms with E-state index in [2.05, 4.69) is 30.8 Å². The number of H-pyrrole nitrogens is 1. The predicted octanol–water partition coefficient (Wildman–Crippen LogP) is 3.88. The van der Waals surface area contributed by atoms with E-state index in [1.165, 1.54) is 31.0 Å². The van der Waals surface area contributed by atoms with E-state index in [1.54, 1.807) is 18.2 Å². The molecule has 0 aliphatic carbocycles. The van der Waals surface area contributed by atoms with Gasteiger partial charge in [0.15, 0.2) is 5.82 Å². The van der Waals surface area contributed by atoms with E-state index in [9.17, 15) is 10.1 Å². The highest BCUT2D eigenvalue weighted by molar-refractivity contribution is 8.13. The monoisotopic (exact) mass is 443 g/mol. The SMILES string of the molecule is COc1cc(Cl)cc(-c2cc(C3=NN=C(SCc4nn[nH]n4)C3)cc([N+](=O)[O-])c2)c1. The summed E-state index contributed by atoms with van der Waals surface area (Å²) in [6, 6.07) is 9.99. The van der Waals surface area contributed by atoms with Crippen LogP contribution in [0, 0.1) is 10.1 Å². The normalized spacial score (nSPS) is 13.1. The first kappa shape index (κ1) is 20.0. The smallest absolute Gasteiger partial charge is 0.270 e. The molecule has 0 bridgehead atoms. The summed E-state index contributed by atoms with van der Waals surface area (Å²) in [4.78, 5) is 11.1. The number of hydrogen-bond acceptors (Lipinski definition) is 9. The molecular weight excluding hydrogens is 430 g/mol. The van der Waals surface area contributed by atoms with Crippen molar-refractivity contribution in [2.45, 2.75) is 12.2 Å². The van der Waals surface area contributed by atoms with Crippen LogP contribution in [0.2, 0.25) is 5.02 Å². The number of hydrogen-bond donors (Lipinski definition) is 1. The molecule has 12 heteroatoms. The van der Waals surface area contributed by atoms with E-state index in [1.807, 2.05) is 6.07 Å². The van der Waals surface area contributed by atoms with Crippen molar-refractivity contribution in [2.24, 2.45) is 10.2 Å². The van der Waals surface area contributed by atoms with E-state index in [0.29, 0.717) is 51.2 Å². The molecule has 0 saturated carbocycles. The van der Waals surface area contributed by atoms with Crippen molar-refractivity contribution >= 4 is 39.8 Å². The number of nitrogens with one attached hydrogen (secondary N) is 1. The molecule has 2 aromatic carbocycles. The number of halogens is 1. The number of benzene rings is 2. The maximum atomic E-state index is 11.5. The number of tetrazole rings is 1. The van der Waals surface area contributed by atoms with Gasteiger partial charge in [-0.2, -0.15) is 10.3 Å². The quantitative estimate of drug-likeness (QED) is 0.451. The van der Waals surface area contributed by atoms with Crippen LogP contribution in [-0.4, -0.2) is 43.4 Å². The van der Waals surface area contributed by atoms with Gasteiger partial charge < -0.3 is 4.74 Å². The summed E-state index contributed by atoms with van der Waals surface area (Å²) in [6.07, 6.45) is 0.460. The number of non-ortho nitro benzene ring substituents is 1. The van der Waals surface area contributed by atoms with Gasteiger partial charge in [-0.1, -0.05) is 16.8 Å². The van der Waals surface area contributed by atoms with E-state index in [4.69, 9.17) is 16.3 Å². The Morgan fingerprint density at radius 3 is 2.70 bits per heavy atom. The molecule has 152 valence electrons. The fourth-order valence-corrected chi connectivity index (χ4v) is 3.84. The summed E-state index contributed by atoms with van der Waals surface area (Å²) in [6.45, 7) is 0. The Labute approximate surface area is 179 Å². The highest BCUT2D eigenvalue weighted by atomic mass is 35.5. The minimum atomic E-state index is -0.433. The largest absolute Gasteiger partial charge is 0.497 e. The number of nitrogens with zero attached hydrogens (tertiary/aromatic N) is 6. The molecule has 2 heterocycles. The standard InChI is InChI=1S/C18H14ClN7O3S/c1-29-15-6-11(3-13(19)7-15)10-2-12(5-14(4-10)26(27)28)16-8-18(23-20-16)30-9-17-21-24-25-22-17/h2-7H,8-9H2,1H3,(H,21,22,24,25). The number of methoxy groups -OCH3 is 1. The molecule has 0 saturated heterocycles. The first-order chi connectivity index (χ1) is 14.5. The van der Waals surface area contributed by atoms with Crippen molar-refractivity contribution < 1.29 is 9.66 Å². The zero-order chi connectivity index (χ0) is 21.1. The van der Waals surface area contributed by atoms with Gasteiger partial charge in [0.2, 0.25) is 0 Å². The highest BCUT2D eigenvalue weighted by Crippen LogP contribution is 2.32. The summed E-state index contributed by atoms with van der Waals surface area (Å²) in [5.74, 6) is 1.62. The third-order valence-corrected chi connectivity index (χ3v) is 5.44. The molecule has 0 atom stereocenters. The third kappa shape index (κ3) is 4.47. The van der Waals surface area contributed by atoms with Crippen LogP contribution in [0.1, 0.15) is 17.8 Å². The van der Waals surface area contributed by atoms with Crippen molar-refractivity contribution in [1.29, 1.82) is 0 Å². The molecule has 30 heavy (non-hydrogen) atoms. The zero-order valence-electron chi connectivity index (χ0n) is 15.6. The third-order valence-electron chi connectivity index (χ3n) is 4.26. The number of ether oxygens (including phenoxy) is 1. The van der Waals surface area contributed by atoms with Gasteiger partial charge in [0.1, 0.15) is 10.8 Å². The second-order valence-electron chi connectivity index (χ2n) is 6.24. The van der Waals surface area contributed by atoms with Crippen LogP contribution in [0.15, 0.2) is 46.6 Å². The lowest BCUT2D eigenvalue weighted by Gasteiger charge is -2.09. The molecule has 1 aliphatic heterocycles. The van der Waals surface area contributed by atoms with Crippen LogP contribution in [-0.2, 0) is 5.75 Å². The Morgan fingerprint density at radius 2 is 1.97 bits per heavy atom. The average molecular weight is 444 g/mol. The van der Waals surface area contributed by atoms with E-state index in [-0.39, 0.29) is 5.69 Å². The van der Waals surface area contributed by atoms with E-state index >= 15 is 0 Å². The van der Waals surface area contributed by atoms with Crippen LogP contribution in [0.5, 0.6) is 5.75 Å². The second kappa shape index (κ2) is 8.59. The van der Waals surface area contributed by atoms with Gasteiger partial charge in [0.05, 0.1) is 23.5 Å². The molecule has 0 spiro atoms. The molecule has 1 N–H and O–H groups in total. The lowest BCUT2D eigenvalue weighted by atomic mass is 9.99. The minimum Gasteiger partial charge on any atom is -0.497 e. The van der Waals surface area contributed by atoms with Crippen molar-refractivity contribution in [2.75, 3.05) is 7.11 Å². The number of nitro groups is 1. The molecular formula is C18H14ClN7O3S. The molecule has 0 radical (unpaired) electrons. The van der Waals surface area contributed by atoms with Crippen molar-refractivity contribution in [3.8, 4) is 16.9 Å². The Kier molecular flexibility index (Phi) is 5.72. The van der Waals surface area contributed by atoms with Crippen LogP contribution in [0.4, 0.5) is 5.69 Å². The number of rotatable bonds is 6. The Balaban J connectivity index is 1.60. The first-order valence-corrected chi connectivity index (χ1v) is 10.0. The van der Waals surface area contributed by atoms with Crippen LogP contribution >= 0.6 is 23.4 Å². The number of aromatic nitrogens is 4. The van der Waals surface area contributed by atoms with Gasteiger partial charge in [0, 0.05) is 29.1 Å². The Morgan fingerprint density at radius 1 is 1.17 bits per heavy atom. The molecule has 4 rings (SSSR count). The Bertz CT molecular complexity index is 1160.